The molecule has 0 aliphatic rings. The summed E-state index contributed by atoms with van der Waals surface area (Å²) in [4.78, 5) is 10.5. The molecule has 0 rings (SSSR count). The molecule has 0 bridgehead atoms. The molecule has 0 aliphatic heterocycles. The van der Waals surface area contributed by atoms with E-state index in [1.807, 2.05) is 0 Å². The number of hydrogen-bond acceptors (Lipinski definition) is 2. The molecule has 3 heteroatoms. The van der Waals surface area contributed by atoms with E-state index in [9.17, 15) is 4.79 Å². The Kier molecular flexibility index (Phi) is 5.46. The highest BCUT2D eigenvalue weighted by atomic mass is 16.4. The van der Waals surface area contributed by atoms with Crippen LogP contribution < -0.4 is 5.32 Å². The second-order valence-corrected chi connectivity index (χ2v) is 4.34. The maximum absolute atomic E-state index is 10.5. The minimum absolute atomic E-state index is 0.283. The van der Waals surface area contributed by atoms with Gasteiger partial charge in [-0.1, -0.05) is 26.8 Å². The van der Waals surface area contributed by atoms with Crippen LogP contribution in [0.1, 0.15) is 34.1 Å². The summed E-state index contributed by atoms with van der Waals surface area (Å²) in [5, 5.41) is 11.8. The second kappa shape index (κ2) is 5.81. The maximum atomic E-state index is 10.5. The van der Waals surface area contributed by atoms with E-state index in [0.717, 1.165) is 13.0 Å². The molecule has 0 aliphatic carbocycles. The minimum Gasteiger partial charge on any atom is -0.478 e. The third-order valence-electron chi connectivity index (χ3n) is 2.45. The Bertz CT molecular complexity index is 219. The van der Waals surface area contributed by atoms with Gasteiger partial charge in [-0.25, -0.2) is 4.79 Å². The summed E-state index contributed by atoms with van der Waals surface area (Å²) in [5.41, 5.74) is 0.678. The first-order valence-corrected chi connectivity index (χ1v) is 5.00. The molecule has 0 unspecified atom stereocenters. The van der Waals surface area contributed by atoms with Gasteiger partial charge >= 0.3 is 5.97 Å². The van der Waals surface area contributed by atoms with Gasteiger partial charge in [0, 0.05) is 18.7 Å². The van der Waals surface area contributed by atoms with Crippen molar-refractivity contribution in [2.24, 2.45) is 5.41 Å². The summed E-state index contributed by atoms with van der Waals surface area (Å²) in [5.74, 6) is -0.846. The Labute approximate surface area is 86.2 Å². The van der Waals surface area contributed by atoms with E-state index in [0.29, 0.717) is 12.1 Å². The zero-order valence-corrected chi connectivity index (χ0v) is 9.55. The van der Waals surface area contributed by atoms with E-state index >= 15 is 0 Å². The lowest BCUT2D eigenvalue weighted by Gasteiger charge is -2.22. The molecule has 0 fully saturated rings. The van der Waals surface area contributed by atoms with Gasteiger partial charge in [0.2, 0.25) is 0 Å². The summed E-state index contributed by atoms with van der Waals surface area (Å²) in [7, 11) is 0. The highest BCUT2D eigenvalue weighted by Crippen LogP contribution is 2.17. The number of carbonyl (C=O) groups is 1. The van der Waals surface area contributed by atoms with Crippen molar-refractivity contribution in [1.82, 2.24) is 5.32 Å². The van der Waals surface area contributed by atoms with Crippen LogP contribution >= 0.6 is 0 Å². The van der Waals surface area contributed by atoms with Gasteiger partial charge in [0.25, 0.3) is 0 Å². The number of carboxylic acid groups (broad SMARTS) is 1. The predicted octanol–water partition coefficient (Wildman–Crippen LogP) is 2.04. The van der Waals surface area contributed by atoms with Crippen molar-refractivity contribution in [3.05, 3.63) is 11.6 Å². The van der Waals surface area contributed by atoms with Gasteiger partial charge < -0.3 is 10.4 Å². The molecule has 0 aromatic rings. The summed E-state index contributed by atoms with van der Waals surface area (Å²) in [6.07, 6.45) is 2.82. The van der Waals surface area contributed by atoms with E-state index in [2.05, 4.69) is 26.1 Å². The lowest BCUT2D eigenvalue weighted by Crippen LogP contribution is -2.29. The van der Waals surface area contributed by atoms with E-state index in [-0.39, 0.29) is 5.41 Å². The van der Waals surface area contributed by atoms with Crippen molar-refractivity contribution >= 4 is 5.97 Å². The Morgan fingerprint density at radius 3 is 2.50 bits per heavy atom. The Morgan fingerprint density at radius 1 is 1.50 bits per heavy atom. The fourth-order valence-corrected chi connectivity index (χ4v) is 0.848. The van der Waals surface area contributed by atoms with Crippen molar-refractivity contribution in [2.75, 3.05) is 13.1 Å². The van der Waals surface area contributed by atoms with E-state index in [1.165, 1.54) is 0 Å². The van der Waals surface area contributed by atoms with Gasteiger partial charge in [0.1, 0.15) is 0 Å². The Morgan fingerprint density at radius 2 is 2.07 bits per heavy atom. The average molecular weight is 199 g/mol. The van der Waals surface area contributed by atoms with Gasteiger partial charge in [-0.15, -0.1) is 0 Å². The van der Waals surface area contributed by atoms with Crippen LogP contribution in [0.5, 0.6) is 0 Å². The molecule has 0 atom stereocenters. The standard InChI is InChI=1S/C11H21NO2/c1-5-11(3,4)8-12-7-6-9(2)10(13)14/h6,12H,5,7-8H2,1-4H3,(H,13,14)/b9-6-. The first kappa shape index (κ1) is 13.2. The van der Waals surface area contributed by atoms with Crippen LogP contribution in [0.2, 0.25) is 0 Å². The van der Waals surface area contributed by atoms with Gasteiger partial charge in [0.15, 0.2) is 0 Å². The smallest absolute Gasteiger partial charge is 0.330 e. The third-order valence-corrected chi connectivity index (χ3v) is 2.45. The largest absolute Gasteiger partial charge is 0.478 e. The van der Waals surface area contributed by atoms with Gasteiger partial charge in [-0.3, -0.25) is 0 Å². The predicted molar refractivity (Wildman–Crippen MR) is 58.3 cm³/mol. The van der Waals surface area contributed by atoms with Crippen molar-refractivity contribution in [1.29, 1.82) is 0 Å². The van der Waals surface area contributed by atoms with Crippen LogP contribution in [0.15, 0.2) is 11.6 Å². The lowest BCUT2D eigenvalue weighted by atomic mass is 9.90. The van der Waals surface area contributed by atoms with Crippen molar-refractivity contribution in [2.45, 2.75) is 34.1 Å². The first-order valence-electron chi connectivity index (χ1n) is 5.00. The SMILES string of the molecule is CCC(C)(C)CNC/C=C(/C)C(=O)O. The molecule has 0 heterocycles. The second-order valence-electron chi connectivity index (χ2n) is 4.34. The van der Waals surface area contributed by atoms with Crippen LogP contribution in [-0.4, -0.2) is 24.2 Å². The molecular weight excluding hydrogens is 178 g/mol. The highest BCUT2D eigenvalue weighted by Gasteiger charge is 2.13. The number of nitrogens with one attached hydrogen (secondary N) is 1. The van der Waals surface area contributed by atoms with Gasteiger partial charge in [-0.05, 0) is 18.8 Å². The van der Waals surface area contributed by atoms with Crippen LogP contribution in [0.4, 0.5) is 0 Å². The molecule has 0 radical (unpaired) electrons. The van der Waals surface area contributed by atoms with Crippen molar-refractivity contribution in [3.63, 3.8) is 0 Å². The Hall–Kier alpha value is -0.830. The molecule has 0 aromatic carbocycles. The molecular formula is C11H21NO2. The molecule has 3 nitrogen and oxygen atoms in total. The quantitative estimate of drug-likeness (QED) is 0.508. The van der Waals surface area contributed by atoms with Crippen LogP contribution in [-0.2, 0) is 4.79 Å². The van der Waals surface area contributed by atoms with Crippen LogP contribution in [0.3, 0.4) is 0 Å². The molecule has 0 saturated heterocycles. The first-order chi connectivity index (χ1) is 6.39. The Balaban J connectivity index is 3.76. The number of rotatable bonds is 6. The van der Waals surface area contributed by atoms with E-state index in [1.54, 1.807) is 13.0 Å². The number of carboxylic acids is 1. The molecule has 0 saturated carbocycles. The fraction of sp³-hybridized carbons (Fsp3) is 0.727. The fourth-order valence-electron chi connectivity index (χ4n) is 0.848. The summed E-state index contributed by atoms with van der Waals surface area (Å²) in [6, 6.07) is 0. The molecule has 14 heavy (non-hydrogen) atoms. The number of aliphatic carboxylic acids is 1. The molecule has 2 N–H and O–H groups in total. The topological polar surface area (TPSA) is 49.3 Å². The zero-order chi connectivity index (χ0) is 11.2. The summed E-state index contributed by atoms with van der Waals surface area (Å²) in [6.45, 7) is 9.67. The van der Waals surface area contributed by atoms with Gasteiger partial charge in [0.05, 0.1) is 0 Å². The highest BCUT2D eigenvalue weighted by molar-refractivity contribution is 5.85. The zero-order valence-electron chi connectivity index (χ0n) is 9.55. The van der Waals surface area contributed by atoms with Crippen LogP contribution in [0.25, 0.3) is 0 Å². The average Bonchev–Trinajstić information content (AvgIpc) is 2.12. The van der Waals surface area contributed by atoms with Crippen molar-refractivity contribution < 1.29 is 9.90 Å². The molecule has 0 spiro atoms. The molecule has 82 valence electrons. The monoisotopic (exact) mass is 199 g/mol. The molecule has 0 amide bonds. The molecule has 0 aromatic heterocycles. The summed E-state index contributed by atoms with van der Waals surface area (Å²) >= 11 is 0. The minimum atomic E-state index is -0.846. The maximum Gasteiger partial charge on any atom is 0.330 e. The van der Waals surface area contributed by atoms with Crippen molar-refractivity contribution in [3.8, 4) is 0 Å². The number of hydrogen-bond donors (Lipinski definition) is 2. The van der Waals surface area contributed by atoms with E-state index in [4.69, 9.17) is 5.11 Å². The third kappa shape index (κ3) is 5.75. The lowest BCUT2D eigenvalue weighted by molar-refractivity contribution is -0.132. The van der Waals surface area contributed by atoms with E-state index < -0.39 is 5.97 Å². The summed E-state index contributed by atoms with van der Waals surface area (Å²) < 4.78 is 0. The van der Waals surface area contributed by atoms with Crippen LogP contribution in [0, 0.1) is 5.41 Å². The van der Waals surface area contributed by atoms with Gasteiger partial charge in [-0.2, -0.15) is 0 Å². The normalized spacial score (nSPS) is 13.0.